The van der Waals surface area contributed by atoms with Crippen LogP contribution in [-0.2, 0) is 26.2 Å². The Balaban J connectivity index is 1.51. The molecule has 0 aromatic heterocycles. The fraction of sp³-hybridized carbons (Fsp3) is 0.379. The first-order valence-electron chi connectivity index (χ1n) is 13.0. The summed E-state index contributed by atoms with van der Waals surface area (Å²) in [5.41, 5.74) is 1.59. The van der Waals surface area contributed by atoms with E-state index in [-0.39, 0.29) is 30.8 Å². The molecule has 3 aromatic carbocycles. The average molecular weight is 522 g/mol. The van der Waals surface area contributed by atoms with Gasteiger partial charge in [-0.05, 0) is 49.3 Å². The summed E-state index contributed by atoms with van der Waals surface area (Å²) < 4.78 is 27.9. The van der Waals surface area contributed by atoms with Gasteiger partial charge in [0.1, 0.15) is 6.04 Å². The topological polar surface area (TPSA) is 86.8 Å². The van der Waals surface area contributed by atoms with Gasteiger partial charge in [0.05, 0.1) is 10.6 Å². The Bertz CT molecular complexity index is 1370. The van der Waals surface area contributed by atoms with Crippen molar-refractivity contribution in [3.05, 3.63) is 72.3 Å². The summed E-state index contributed by atoms with van der Waals surface area (Å²) >= 11 is 0. The molecule has 7 nitrogen and oxygen atoms in total. The summed E-state index contributed by atoms with van der Waals surface area (Å²) in [5.74, 6) is -0.326. The number of amides is 2. The van der Waals surface area contributed by atoms with Crippen molar-refractivity contribution in [2.45, 2.75) is 70.0 Å². The fourth-order valence-electron chi connectivity index (χ4n) is 4.86. The van der Waals surface area contributed by atoms with Crippen molar-refractivity contribution in [3.8, 4) is 0 Å². The maximum Gasteiger partial charge on any atom is 0.265 e. The zero-order valence-corrected chi connectivity index (χ0v) is 22.5. The molecular weight excluding hydrogens is 486 g/mol. The minimum atomic E-state index is -3.67. The second-order valence-electron chi connectivity index (χ2n) is 9.56. The molecule has 0 fully saturated rings. The van der Waals surface area contributed by atoms with Crippen LogP contribution in [0.5, 0.6) is 0 Å². The van der Waals surface area contributed by atoms with Gasteiger partial charge in [0.25, 0.3) is 10.0 Å². The molecule has 0 spiro atoms. The summed E-state index contributed by atoms with van der Waals surface area (Å²) in [5, 5.41) is 4.62. The molecule has 37 heavy (non-hydrogen) atoms. The molecule has 1 N–H and O–H groups in total. The molecule has 0 aliphatic carbocycles. The zero-order valence-electron chi connectivity index (χ0n) is 21.7. The Morgan fingerprint density at radius 3 is 2.32 bits per heavy atom. The van der Waals surface area contributed by atoms with Crippen LogP contribution < -0.4 is 9.62 Å². The molecule has 1 aliphatic heterocycles. The summed E-state index contributed by atoms with van der Waals surface area (Å²) in [6.07, 6.45) is 1.77. The summed E-state index contributed by atoms with van der Waals surface area (Å²) in [6, 6.07) is 19.9. The Labute approximate surface area is 219 Å². The normalized spacial score (nSPS) is 15.4. The van der Waals surface area contributed by atoms with Crippen LogP contribution >= 0.6 is 0 Å². The highest BCUT2D eigenvalue weighted by Gasteiger charge is 2.35. The highest BCUT2D eigenvalue weighted by Crippen LogP contribution is 2.42. The van der Waals surface area contributed by atoms with Gasteiger partial charge in [-0.15, -0.1) is 0 Å². The van der Waals surface area contributed by atoms with Gasteiger partial charge in [0, 0.05) is 30.9 Å². The smallest absolute Gasteiger partial charge is 0.265 e. The van der Waals surface area contributed by atoms with E-state index in [4.69, 9.17) is 0 Å². The molecule has 2 amide bonds. The summed E-state index contributed by atoms with van der Waals surface area (Å²) in [7, 11) is -3.67. The van der Waals surface area contributed by atoms with E-state index in [1.54, 1.807) is 17.0 Å². The van der Waals surface area contributed by atoms with Gasteiger partial charge >= 0.3 is 0 Å². The van der Waals surface area contributed by atoms with E-state index in [9.17, 15) is 18.0 Å². The van der Waals surface area contributed by atoms with Crippen LogP contribution in [0.25, 0.3) is 10.8 Å². The number of carbonyl (C=O) groups excluding carboxylic acids is 2. The molecule has 2 unspecified atom stereocenters. The van der Waals surface area contributed by atoms with E-state index in [0.717, 1.165) is 22.8 Å². The first-order chi connectivity index (χ1) is 17.8. The fourth-order valence-corrected chi connectivity index (χ4v) is 6.61. The predicted octanol–water partition coefficient (Wildman–Crippen LogP) is 4.85. The molecule has 8 heteroatoms. The first-order valence-corrected chi connectivity index (χ1v) is 14.4. The van der Waals surface area contributed by atoms with Gasteiger partial charge in [-0.3, -0.25) is 13.9 Å². The monoisotopic (exact) mass is 521 g/mol. The highest BCUT2D eigenvalue weighted by atomic mass is 32.2. The van der Waals surface area contributed by atoms with Crippen molar-refractivity contribution in [3.63, 3.8) is 0 Å². The maximum absolute atomic E-state index is 13.5. The number of sulfonamides is 1. The number of nitrogens with one attached hydrogen (secondary N) is 1. The largest absolute Gasteiger partial charge is 0.352 e. The van der Waals surface area contributed by atoms with Gasteiger partial charge in [0.15, 0.2) is 0 Å². The Hall–Kier alpha value is -3.39. The molecular formula is C29H35N3O4S. The predicted molar refractivity (Wildman–Crippen MR) is 147 cm³/mol. The minimum Gasteiger partial charge on any atom is -0.352 e. The van der Waals surface area contributed by atoms with E-state index in [1.807, 2.05) is 75.4 Å². The molecule has 1 heterocycles. The number of anilines is 1. The SMILES string of the molecule is CCC(C)NC(=O)C(CC)N(Cc1ccccc1)C(=O)CCCN1c2cccc3cccc(c23)S1(=O)=O. The number of hydrogen-bond donors (Lipinski definition) is 1. The van der Waals surface area contributed by atoms with Crippen LogP contribution in [-0.4, -0.2) is 43.8 Å². The van der Waals surface area contributed by atoms with Crippen LogP contribution in [0.3, 0.4) is 0 Å². The summed E-state index contributed by atoms with van der Waals surface area (Å²) in [4.78, 5) is 28.6. The molecule has 1 aliphatic rings. The van der Waals surface area contributed by atoms with Gasteiger partial charge in [-0.2, -0.15) is 0 Å². The standard InChI is InChI=1S/C29H35N3O4S/c1-4-21(3)30-29(34)24(5-2)31(20-22-12-7-6-8-13-22)27(33)18-11-19-32-25-16-9-14-23-15-10-17-26(28(23)25)37(32,35)36/h6-10,12-17,21,24H,4-5,11,18-20H2,1-3H3,(H,30,34). The molecule has 4 rings (SSSR count). The molecule has 0 saturated heterocycles. The van der Waals surface area contributed by atoms with Crippen LogP contribution in [0.15, 0.2) is 71.6 Å². The van der Waals surface area contributed by atoms with Crippen LogP contribution in [0, 0.1) is 0 Å². The van der Waals surface area contributed by atoms with E-state index in [1.165, 1.54) is 4.31 Å². The minimum absolute atomic E-state index is 0.0138. The van der Waals surface area contributed by atoms with Gasteiger partial charge < -0.3 is 10.2 Å². The van der Waals surface area contributed by atoms with Crippen molar-refractivity contribution in [1.82, 2.24) is 10.2 Å². The second-order valence-corrected chi connectivity index (χ2v) is 11.4. The maximum atomic E-state index is 13.5. The van der Waals surface area contributed by atoms with Crippen LogP contribution in [0.1, 0.15) is 52.0 Å². The lowest BCUT2D eigenvalue weighted by Gasteiger charge is -2.31. The Kier molecular flexibility index (Phi) is 8.17. The van der Waals surface area contributed by atoms with Crippen LogP contribution in [0.4, 0.5) is 5.69 Å². The Morgan fingerprint density at radius 2 is 1.65 bits per heavy atom. The van der Waals surface area contributed by atoms with Crippen molar-refractivity contribution >= 4 is 38.3 Å². The zero-order chi connectivity index (χ0) is 26.6. The van der Waals surface area contributed by atoms with Gasteiger partial charge in [-0.1, -0.05) is 68.4 Å². The van der Waals surface area contributed by atoms with E-state index in [2.05, 4.69) is 5.32 Å². The lowest BCUT2D eigenvalue weighted by Crippen LogP contribution is -2.50. The number of nitrogens with zero attached hydrogens (tertiary/aromatic N) is 2. The van der Waals surface area contributed by atoms with Crippen molar-refractivity contribution < 1.29 is 18.0 Å². The van der Waals surface area contributed by atoms with Crippen molar-refractivity contribution in [2.75, 3.05) is 10.8 Å². The third kappa shape index (κ3) is 5.49. The lowest BCUT2D eigenvalue weighted by atomic mass is 10.1. The molecule has 2 atom stereocenters. The van der Waals surface area contributed by atoms with Crippen LogP contribution in [0.2, 0.25) is 0 Å². The highest BCUT2D eigenvalue weighted by molar-refractivity contribution is 7.93. The van der Waals surface area contributed by atoms with Gasteiger partial charge in [-0.25, -0.2) is 8.42 Å². The number of rotatable bonds is 11. The van der Waals surface area contributed by atoms with E-state index < -0.39 is 16.1 Å². The molecule has 0 bridgehead atoms. The quantitative estimate of drug-likeness (QED) is 0.391. The second kappa shape index (κ2) is 11.3. The number of carbonyl (C=O) groups is 2. The first kappa shape index (κ1) is 26.7. The van der Waals surface area contributed by atoms with E-state index >= 15 is 0 Å². The summed E-state index contributed by atoms with van der Waals surface area (Å²) in [6.45, 7) is 6.36. The van der Waals surface area contributed by atoms with E-state index in [0.29, 0.717) is 30.0 Å². The molecule has 0 radical (unpaired) electrons. The Morgan fingerprint density at radius 1 is 0.946 bits per heavy atom. The van der Waals surface area contributed by atoms with Crippen molar-refractivity contribution in [2.24, 2.45) is 0 Å². The third-order valence-corrected chi connectivity index (χ3v) is 8.87. The third-order valence-electron chi connectivity index (χ3n) is 7.02. The van der Waals surface area contributed by atoms with Gasteiger partial charge in [0.2, 0.25) is 11.8 Å². The molecule has 3 aromatic rings. The average Bonchev–Trinajstić information content (AvgIpc) is 3.12. The molecule has 0 saturated carbocycles. The van der Waals surface area contributed by atoms with Crippen molar-refractivity contribution in [1.29, 1.82) is 0 Å². The number of benzene rings is 3. The molecule has 196 valence electrons. The lowest BCUT2D eigenvalue weighted by molar-refractivity contribution is -0.141. The number of hydrogen-bond acceptors (Lipinski definition) is 4.